The van der Waals surface area contributed by atoms with Crippen molar-refractivity contribution >= 4 is 15.9 Å². The first-order valence-electron chi connectivity index (χ1n) is 6.99. The highest BCUT2D eigenvalue weighted by atomic mass is 79.9. The normalized spacial score (nSPS) is 17.6. The van der Waals surface area contributed by atoms with Crippen LogP contribution in [0.3, 0.4) is 0 Å². The minimum Gasteiger partial charge on any atom is -0.497 e. The van der Waals surface area contributed by atoms with Crippen molar-refractivity contribution in [2.24, 2.45) is 0 Å². The van der Waals surface area contributed by atoms with Gasteiger partial charge in [0, 0.05) is 22.9 Å². The Morgan fingerprint density at radius 1 is 1.37 bits per heavy atom. The van der Waals surface area contributed by atoms with E-state index in [-0.39, 0.29) is 0 Å². The summed E-state index contributed by atoms with van der Waals surface area (Å²) in [6.07, 6.45) is 13.3. The zero-order chi connectivity index (χ0) is 13.5. The summed E-state index contributed by atoms with van der Waals surface area (Å²) in [4.78, 5) is 0. The highest BCUT2D eigenvalue weighted by Gasteiger charge is 2.19. The quantitative estimate of drug-likeness (QED) is 0.485. The molecule has 2 rings (SSSR count). The van der Waals surface area contributed by atoms with Crippen LogP contribution >= 0.6 is 15.9 Å². The Morgan fingerprint density at radius 3 is 3.05 bits per heavy atom. The first-order valence-corrected chi connectivity index (χ1v) is 8.11. The van der Waals surface area contributed by atoms with Crippen LogP contribution in [0.15, 0.2) is 47.2 Å². The van der Waals surface area contributed by atoms with Gasteiger partial charge in [-0.25, -0.2) is 0 Å². The molecule has 0 fully saturated rings. The van der Waals surface area contributed by atoms with Gasteiger partial charge in [0.1, 0.15) is 5.76 Å². The molecule has 0 saturated heterocycles. The van der Waals surface area contributed by atoms with Gasteiger partial charge < -0.3 is 9.47 Å². The minimum absolute atomic E-state index is 0.816. The zero-order valence-corrected chi connectivity index (χ0v) is 13.0. The predicted molar refractivity (Wildman–Crippen MR) is 81.9 cm³/mol. The van der Waals surface area contributed by atoms with Crippen LogP contribution in [0.25, 0.3) is 0 Å². The van der Waals surface area contributed by atoms with Gasteiger partial charge in [0.05, 0.1) is 19.1 Å². The van der Waals surface area contributed by atoms with Crippen molar-refractivity contribution in [3.05, 3.63) is 47.2 Å². The molecule has 104 valence electrons. The molecule has 2 aliphatic rings. The molecule has 0 aromatic rings. The lowest BCUT2D eigenvalue weighted by Gasteiger charge is -2.23. The van der Waals surface area contributed by atoms with E-state index in [1.165, 1.54) is 24.0 Å². The second-order valence-corrected chi connectivity index (χ2v) is 5.62. The lowest BCUT2D eigenvalue weighted by Crippen LogP contribution is -2.08. The van der Waals surface area contributed by atoms with Gasteiger partial charge in [0.25, 0.3) is 0 Å². The molecule has 0 amide bonds. The van der Waals surface area contributed by atoms with E-state index < -0.39 is 0 Å². The Hall–Kier alpha value is -0.960. The van der Waals surface area contributed by atoms with E-state index in [9.17, 15) is 0 Å². The number of fused-ring (bicyclic) bond motifs is 1. The van der Waals surface area contributed by atoms with Gasteiger partial charge in [-0.05, 0) is 18.9 Å². The lowest BCUT2D eigenvalue weighted by atomic mass is 9.91. The summed E-state index contributed by atoms with van der Waals surface area (Å²) >= 11 is 3.50. The second kappa shape index (κ2) is 7.59. The average Bonchev–Trinajstić information content (AvgIpc) is 2.44. The Balaban J connectivity index is 2.05. The third kappa shape index (κ3) is 4.00. The molecule has 19 heavy (non-hydrogen) atoms. The molecule has 0 unspecified atom stereocenters. The number of allylic oxidation sites excluding steroid dienone is 5. The van der Waals surface area contributed by atoms with Crippen molar-refractivity contribution in [3.63, 3.8) is 0 Å². The summed E-state index contributed by atoms with van der Waals surface area (Å²) in [7, 11) is 0. The largest absolute Gasteiger partial charge is 0.497 e. The Kier molecular flexibility index (Phi) is 5.77. The van der Waals surface area contributed by atoms with Gasteiger partial charge in [0.2, 0.25) is 0 Å². The molecular weight excluding hydrogens is 304 g/mol. The Bertz CT molecular complexity index is 430. The first kappa shape index (κ1) is 14.4. The summed E-state index contributed by atoms with van der Waals surface area (Å²) in [6.45, 7) is 3.03. The van der Waals surface area contributed by atoms with Gasteiger partial charge in [-0.3, -0.25) is 0 Å². The van der Waals surface area contributed by atoms with E-state index in [4.69, 9.17) is 9.47 Å². The molecule has 0 aromatic heterocycles. The number of alkyl halides is 1. The number of hydrogen-bond acceptors (Lipinski definition) is 2. The summed E-state index contributed by atoms with van der Waals surface area (Å²) in [6, 6.07) is 0. The van der Waals surface area contributed by atoms with E-state index in [2.05, 4.69) is 28.9 Å². The highest BCUT2D eigenvalue weighted by molar-refractivity contribution is 9.09. The number of halogens is 1. The van der Waals surface area contributed by atoms with Gasteiger partial charge in [-0.15, -0.1) is 0 Å². The maximum atomic E-state index is 6.01. The maximum Gasteiger partial charge on any atom is 0.108 e. The molecule has 1 heterocycles. The van der Waals surface area contributed by atoms with Crippen molar-refractivity contribution in [3.8, 4) is 0 Å². The monoisotopic (exact) mass is 324 g/mol. The third-order valence-electron chi connectivity index (χ3n) is 3.31. The van der Waals surface area contributed by atoms with E-state index >= 15 is 0 Å². The van der Waals surface area contributed by atoms with Crippen LogP contribution < -0.4 is 0 Å². The fourth-order valence-corrected chi connectivity index (χ4v) is 2.79. The molecule has 0 aromatic carbocycles. The topological polar surface area (TPSA) is 18.5 Å². The summed E-state index contributed by atoms with van der Waals surface area (Å²) in [5, 5.41) is 0.987. The molecule has 3 heteroatoms. The molecule has 0 spiro atoms. The summed E-state index contributed by atoms with van der Waals surface area (Å²) < 4.78 is 11.3. The number of ether oxygens (including phenoxy) is 2. The lowest BCUT2D eigenvalue weighted by molar-refractivity contribution is 0.196. The van der Waals surface area contributed by atoms with Gasteiger partial charge in [-0.1, -0.05) is 47.3 Å². The highest BCUT2D eigenvalue weighted by Crippen LogP contribution is 2.33. The van der Waals surface area contributed by atoms with E-state index in [0.29, 0.717) is 0 Å². The van der Waals surface area contributed by atoms with Crippen molar-refractivity contribution < 1.29 is 9.47 Å². The van der Waals surface area contributed by atoms with Crippen LogP contribution in [0.4, 0.5) is 0 Å². The van der Waals surface area contributed by atoms with Crippen molar-refractivity contribution in [2.45, 2.75) is 39.0 Å². The van der Waals surface area contributed by atoms with Crippen LogP contribution in [-0.4, -0.2) is 11.9 Å². The molecule has 0 saturated carbocycles. The van der Waals surface area contributed by atoms with Gasteiger partial charge in [0.15, 0.2) is 0 Å². The van der Waals surface area contributed by atoms with Gasteiger partial charge in [-0.2, -0.15) is 0 Å². The fourth-order valence-electron chi connectivity index (χ4n) is 2.28. The predicted octanol–water partition coefficient (Wildman–Crippen LogP) is 4.99. The standard InChI is InChI=1S/C16H21BrO2/c1-2-3-4-8-19-16-11-13(5-7-17)10-14-12-18-9-6-15(14)16/h6,9-10,12H,2-5,7-8,11H2,1H3. The van der Waals surface area contributed by atoms with E-state index in [0.717, 1.165) is 42.5 Å². The molecule has 0 atom stereocenters. The van der Waals surface area contributed by atoms with E-state index in [1.807, 2.05) is 6.08 Å². The number of unbranched alkanes of at least 4 members (excludes halogenated alkanes) is 2. The molecule has 2 nitrogen and oxygen atoms in total. The number of hydrogen-bond donors (Lipinski definition) is 0. The molecular formula is C16H21BrO2. The molecule has 0 bridgehead atoms. The van der Waals surface area contributed by atoms with Crippen LogP contribution in [0.5, 0.6) is 0 Å². The molecule has 0 radical (unpaired) electrons. The molecule has 1 aliphatic heterocycles. The van der Waals surface area contributed by atoms with Crippen LogP contribution in [0.1, 0.15) is 39.0 Å². The van der Waals surface area contributed by atoms with Gasteiger partial charge >= 0.3 is 0 Å². The molecule has 1 aliphatic carbocycles. The third-order valence-corrected chi connectivity index (χ3v) is 3.70. The minimum atomic E-state index is 0.816. The van der Waals surface area contributed by atoms with Crippen LogP contribution in [-0.2, 0) is 9.47 Å². The second-order valence-electron chi connectivity index (χ2n) is 4.82. The smallest absolute Gasteiger partial charge is 0.108 e. The zero-order valence-electron chi connectivity index (χ0n) is 11.5. The fraction of sp³-hybridized carbons (Fsp3) is 0.500. The van der Waals surface area contributed by atoms with Crippen molar-refractivity contribution in [1.29, 1.82) is 0 Å². The van der Waals surface area contributed by atoms with Crippen LogP contribution in [0, 0.1) is 0 Å². The van der Waals surface area contributed by atoms with Crippen molar-refractivity contribution in [1.82, 2.24) is 0 Å². The first-order chi connectivity index (χ1) is 9.35. The summed E-state index contributed by atoms with van der Waals surface area (Å²) in [5.74, 6) is 1.10. The Labute approximate surface area is 124 Å². The van der Waals surface area contributed by atoms with E-state index in [1.54, 1.807) is 12.5 Å². The van der Waals surface area contributed by atoms with Crippen LogP contribution in [0.2, 0.25) is 0 Å². The maximum absolute atomic E-state index is 6.01. The van der Waals surface area contributed by atoms with Crippen molar-refractivity contribution in [2.75, 3.05) is 11.9 Å². The average molecular weight is 325 g/mol. The number of rotatable bonds is 7. The Morgan fingerprint density at radius 2 is 2.26 bits per heavy atom. The molecule has 0 N–H and O–H groups in total. The SMILES string of the molecule is CCCCCOC1=C2C=COC=C2C=C(CCBr)C1. The summed E-state index contributed by atoms with van der Waals surface area (Å²) in [5.41, 5.74) is 3.72.